The van der Waals surface area contributed by atoms with Crippen molar-refractivity contribution in [2.45, 2.75) is 64.3 Å². The van der Waals surface area contributed by atoms with E-state index in [1.54, 1.807) is 6.07 Å². The van der Waals surface area contributed by atoms with Gasteiger partial charge in [0.2, 0.25) is 0 Å². The van der Waals surface area contributed by atoms with Gasteiger partial charge >= 0.3 is 6.03 Å². The number of amides is 2. The molecule has 0 saturated carbocycles. The average Bonchev–Trinajstić information content (AvgIpc) is 2.59. The van der Waals surface area contributed by atoms with Crippen molar-refractivity contribution in [3.8, 4) is 0 Å². The maximum atomic E-state index is 14.6. The van der Waals surface area contributed by atoms with Crippen LogP contribution in [0.4, 0.5) is 9.18 Å². The molecule has 1 aromatic rings. The predicted octanol–water partition coefficient (Wildman–Crippen LogP) is 4.35. The smallest absolute Gasteiger partial charge is 0.320 e. The fraction of sp³-hybridized carbons (Fsp3) is 0.667. The third-order valence-corrected chi connectivity index (χ3v) is 7.47. The Labute approximate surface area is 150 Å². The third-order valence-electron chi connectivity index (χ3n) is 7.47. The third kappa shape index (κ3) is 2.32. The highest BCUT2D eigenvalue weighted by atomic mass is 19.1. The first-order valence-electron chi connectivity index (χ1n) is 9.70. The quantitative estimate of drug-likeness (QED) is 0.686. The van der Waals surface area contributed by atoms with Crippen LogP contribution in [0.1, 0.15) is 57.6 Å². The first kappa shape index (κ1) is 16.9. The Morgan fingerprint density at radius 3 is 2.56 bits per heavy atom. The topological polar surface area (TPSA) is 23.6 Å². The maximum Gasteiger partial charge on any atom is 0.320 e. The minimum Gasteiger partial charge on any atom is -0.325 e. The molecule has 4 heteroatoms. The van der Waals surface area contributed by atoms with Gasteiger partial charge in [-0.2, -0.15) is 0 Å². The van der Waals surface area contributed by atoms with Crippen molar-refractivity contribution in [1.29, 1.82) is 0 Å². The summed E-state index contributed by atoms with van der Waals surface area (Å²) in [4.78, 5) is 17.3. The second kappa shape index (κ2) is 5.72. The molecule has 0 N–H and O–H groups in total. The second-order valence-electron chi connectivity index (χ2n) is 8.81. The molecule has 2 heterocycles. The van der Waals surface area contributed by atoms with Crippen molar-refractivity contribution in [1.82, 2.24) is 9.80 Å². The second-order valence-corrected chi connectivity index (χ2v) is 8.81. The van der Waals surface area contributed by atoms with Crippen LogP contribution in [0, 0.1) is 11.2 Å². The molecule has 3 aliphatic rings. The lowest BCUT2D eigenvalue weighted by Crippen LogP contribution is -2.66. The number of nitrogens with zero attached hydrogens (tertiary/aromatic N) is 2. The van der Waals surface area contributed by atoms with Crippen LogP contribution in [0.15, 0.2) is 18.2 Å². The number of piperidine rings is 2. The lowest BCUT2D eigenvalue weighted by Gasteiger charge is -2.61. The van der Waals surface area contributed by atoms with E-state index >= 15 is 0 Å². The lowest BCUT2D eigenvalue weighted by atomic mass is 9.51. The van der Waals surface area contributed by atoms with Gasteiger partial charge in [-0.15, -0.1) is 0 Å². The number of likely N-dealkylation sites (tertiary alicyclic amines) is 2. The van der Waals surface area contributed by atoms with Crippen LogP contribution in [-0.2, 0) is 11.8 Å². The molecular formula is C21H29FN2O. The summed E-state index contributed by atoms with van der Waals surface area (Å²) in [5, 5.41) is 0. The van der Waals surface area contributed by atoms with E-state index in [4.69, 9.17) is 0 Å². The summed E-state index contributed by atoms with van der Waals surface area (Å²) in [6.07, 6.45) is 4.94. The van der Waals surface area contributed by atoms with Gasteiger partial charge in [0, 0.05) is 31.1 Å². The number of halogens is 1. The number of hydrogen-bond donors (Lipinski definition) is 0. The van der Waals surface area contributed by atoms with Crippen LogP contribution in [-0.4, -0.2) is 41.5 Å². The maximum absolute atomic E-state index is 14.6. The van der Waals surface area contributed by atoms with E-state index in [9.17, 15) is 9.18 Å². The fourth-order valence-corrected chi connectivity index (χ4v) is 5.40. The molecule has 2 atom stereocenters. The van der Waals surface area contributed by atoms with E-state index in [-0.39, 0.29) is 28.7 Å². The number of rotatable bonds is 0. The highest BCUT2D eigenvalue weighted by Crippen LogP contribution is 2.56. The van der Waals surface area contributed by atoms with E-state index in [1.165, 1.54) is 6.42 Å². The molecule has 25 heavy (non-hydrogen) atoms. The molecule has 2 fully saturated rings. The predicted molar refractivity (Wildman–Crippen MR) is 97.2 cm³/mol. The van der Waals surface area contributed by atoms with Crippen molar-refractivity contribution in [2.24, 2.45) is 5.41 Å². The monoisotopic (exact) mass is 344 g/mol. The molecule has 1 aromatic carbocycles. The van der Waals surface area contributed by atoms with E-state index in [0.29, 0.717) is 6.42 Å². The van der Waals surface area contributed by atoms with Gasteiger partial charge in [0.25, 0.3) is 0 Å². The molecule has 2 saturated heterocycles. The number of carbonyl (C=O) groups is 1. The Morgan fingerprint density at radius 1 is 1.12 bits per heavy atom. The van der Waals surface area contributed by atoms with Crippen LogP contribution < -0.4 is 0 Å². The minimum absolute atomic E-state index is 0.0603. The van der Waals surface area contributed by atoms with Crippen LogP contribution in [0.25, 0.3) is 0 Å². The van der Waals surface area contributed by atoms with Gasteiger partial charge in [-0.25, -0.2) is 9.18 Å². The molecule has 0 aromatic heterocycles. The van der Waals surface area contributed by atoms with Crippen LogP contribution in [0.3, 0.4) is 0 Å². The largest absolute Gasteiger partial charge is 0.325 e. The van der Waals surface area contributed by atoms with Crippen LogP contribution in [0.5, 0.6) is 0 Å². The van der Waals surface area contributed by atoms with E-state index < -0.39 is 0 Å². The Kier molecular flexibility index (Phi) is 3.86. The van der Waals surface area contributed by atoms with E-state index in [1.807, 2.05) is 11.0 Å². The Hall–Kier alpha value is -1.58. The van der Waals surface area contributed by atoms with Crippen LogP contribution >= 0.6 is 0 Å². The highest BCUT2D eigenvalue weighted by molar-refractivity contribution is 5.75. The summed E-state index contributed by atoms with van der Waals surface area (Å²) in [7, 11) is 0. The summed E-state index contributed by atoms with van der Waals surface area (Å²) in [6.45, 7) is 9.30. The SMILES string of the molecule is CC1(C)[C@H]2Cc3c(F)cccc3[C@]1(C)CCN2C(=O)N1CCCCC1. The molecule has 0 spiro atoms. The van der Waals surface area contributed by atoms with Crippen molar-refractivity contribution < 1.29 is 9.18 Å². The fourth-order valence-electron chi connectivity index (χ4n) is 5.40. The molecule has 4 rings (SSSR count). The molecular weight excluding hydrogens is 315 g/mol. The summed E-state index contributed by atoms with van der Waals surface area (Å²) >= 11 is 0. The molecule has 0 radical (unpaired) electrons. The Balaban J connectivity index is 1.72. The molecule has 2 bridgehead atoms. The first-order valence-corrected chi connectivity index (χ1v) is 9.70. The summed E-state index contributed by atoms with van der Waals surface area (Å²) < 4.78 is 14.6. The van der Waals surface area contributed by atoms with Crippen molar-refractivity contribution in [2.75, 3.05) is 19.6 Å². The molecule has 136 valence electrons. The molecule has 0 unspecified atom stereocenters. The zero-order valence-electron chi connectivity index (χ0n) is 15.6. The molecule has 3 nitrogen and oxygen atoms in total. The van der Waals surface area contributed by atoms with Gasteiger partial charge in [0.1, 0.15) is 5.82 Å². The summed E-state index contributed by atoms with van der Waals surface area (Å²) in [5.41, 5.74) is 1.81. The number of carbonyl (C=O) groups excluding carboxylic acids is 1. The van der Waals surface area contributed by atoms with Crippen molar-refractivity contribution in [3.05, 3.63) is 35.1 Å². The zero-order chi connectivity index (χ0) is 17.8. The van der Waals surface area contributed by atoms with Crippen molar-refractivity contribution in [3.63, 3.8) is 0 Å². The lowest BCUT2D eigenvalue weighted by molar-refractivity contribution is -0.0250. The normalized spacial score (nSPS) is 30.8. The summed E-state index contributed by atoms with van der Waals surface area (Å²) in [6, 6.07) is 5.72. The number of fused-ring (bicyclic) bond motifs is 4. The number of hydrogen-bond acceptors (Lipinski definition) is 1. The van der Waals surface area contributed by atoms with Gasteiger partial charge in [0.15, 0.2) is 0 Å². The molecule has 2 aliphatic heterocycles. The van der Waals surface area contributed by atoms with Crippen molar-refractivity contribution >= 4 is 6.03 Å². The van der Waals surface area contributed by atoms with Gasteiger partial charge in [-0.1, -0.05) is 32.9 Å². The standard InChI is InChI=1S/C21H29FN2O/c1-20(2)18-14-15-16(8-7-9-17(15)22)21(20,3)10-13-24(18)19(25)23-11-5-4-6-12-23/h7-9,18H,4-6,10-14H2,1-3H3/t18-,21+/m1/s1. The first-order chi connectivity index (χ1) is 11.9. The minimum atomic E-state index is -0.114. The average molecular weight is 344 g/mol. The van der Waals surface area contributed by atoms with Gasteiger partial charge in [-0.05, 0) is 54.7 Å². The Bertz CT molecular complexity index is 695. The number of benzene rings is 1. The van der Waals surface area contributed by atoms with Gasteiger partial charge < -0.3 is 9.80 Å². The van der Waals surface area contributed by atoms with Crippen LogP contribution in [0.2, 0.25) is 0 Å². The van der Waals surface area contributed by atoms with Gasteiger partial charge in [0.05, 0.1) is 0 Å². The Morgan fingerprint density at radius 2 is 1.84 bits per heavy atom. The zero-order valence-corrected chi connectivity index (χ0v) is 15.6. The van der Waals surface area contributed by atoms with E-state index in [2.05, 4.69) is 31.7 Å². The number of urea groups is 1. The molecule has 2 amide bonds. The van der Waals surface area contributed by atoms with Gasteiger partial charge in [-0.3, -0.25) is 0 Å². The highest BCUT2D eigenvalue weighted by Gasteiger charge is 2.57. The molecule has 1 aliphatic carbocycles. The van der Waals surface area contributed by atoms with E-state index in [0.717, 1.165) is 50.0 Å². The summed E-state index contributed by atoms with van der Waals surface area (Å²) in [5.74, 6) is -0.114.